The normalized spacial score (nSPS) is 10.3. The van der Waals surface area contributed by atoms with E-state index in [9.17, 15) is 4.79 Å². The van der Waals surface area contributed by atoms with Crippen molar-refractivity contribution in [1.29, 1.82) is 0 Å². The van der Waals surface area contributed by atoms with Gasteiger partial charge in [0.2, 0.25) is 5.91 Å². The van der Waals surface area contributed by atoms with E-state index >= 15 is 0 Å². The highest BCUT2D eigenvalue weighted by Crippen LogP contribution is 2.20. The van der Waals surface area contributed by atoms with Gasteiger partial charge in [0.25, 0.3) is 0 Å². The van der Waals surface area contributed by atoms with Gasteiger partial charge in [-0.1, -0.05) is 29.8 Å². The first-order valence-electron chi connectivity index (χ1n) is 6.85. The lowest BCUT2D eigenvalue weighted by atomic mass is 10.2. The van der Waals surface area contributed by atoms with Gasteiger partial charge in [-0.15, -0.1) is 0 Å². The summed E-state index contributed by atoms with van der Waals surface area (Å²) in [5, 5.41) is 3.37. The fourth-order valence-electron chi connectivity index (χ4n) is 1.94. The lowest BCUT2D eigenvalue weighted by Gasteiger charge is -2.09. The number of anilines is 1. The Kier molecular flexibility index (Phi) is 5.81. The number of nitrogens with one attached hydrogen (secondary N) is 1. The molecule has 0 atom stereocenters. The number of rotatable bonds is 6. The number of ether oxygens (including phenoxy) is 2. The van der Waals surface area contributed by atoms with E-state index in [1.54, 1.807) is 19.2 Å². The summed E-state index contributed by atoms with van der Waals surface area (Å²) in [6.07, 6.45) is 0. The van der Waals surface area contributed by atoms with Crippen molar-refractivity contribution in [3.8, 4) is 5.75 Å². The molecule has 0 heterocycles. The third-order valence-corrected chi connectivity index (χ3v) is 3.34. The van der Waals surface area contributed by atoms with E-state index in [-0.39, 0.29) is 12.5 Å². The van der Waals surface area contributed by atoms with Gasteiger partial charge in [-0.05, 0) is 42.3 Å². The maximum absolute atomic E-state index is 11.9. The maximum Gasteiger partial charge on any atom is 0.250 e. The fraction of sp³-hybridized carbons (Fsp3) is 0.235. The molecule has 2 rings (SSSR count). The standard InChI is InChI=1S/C17H18ClNO3/c1-12-6-7-14(18)9-16(12)19-17(20)11-22-10-13-4-3-5-15(8-13)21-2/h3-9H,10-11H2,1-2H3,(H,19,20). The number of amides is 1. The van der Waals surface area contributed by atoms with Crippen LogP contribution in [0.3, 0.4) is 0 Å². The number of methoxy groups -OCH3 is 1. The van der Waals surface area contributed by atoms with Gasteiger partial charge >= 0.3 is 0 Å². The largest absolute Gasteiger partial charge is 0.497 e. The summed E-state index contributed by atoms with van der Waals surface area (Å²) in [7, 11) is 1.61. The Balaban J connectivity index is 1.84. The van der Waals surface area contributed by atoms with E-state index in [1.807, 2.05) is 37.3 Å². The Morgan fingerprint density at radius 3 is 2.82 bits per heavy atom. The number of hydrogen-bond acceptors (Lipinski definition) is 3. The van der Waals surface area contributed by atoms with E-state index in [0.717, 1.165) is 16.9 Å². The Bertz CT molecular complexity index is 658. The number of carbonyl (C=O) groups is 1. The molecule has 1 N–H and O–H groups in total. The highest BCUT2D eigenvalue weighted by atomic mass is 35.5. The van der Waals surface area contributed by atoms with E-state index in [0.29, 0.717) is 17.3 Å². The molecule has 5 heteroatoms. The van der Waals surface area contributed by atoms with E-state index in [4.69, 9.17) is 21.1 Å². The van der Waals surface area contributed by atoms with Crippen LogP contribution in [0.5, 0.6) is 5.75 Å². The van der Waals surface area contributed by atoms with Crippen molar-refractivity contribution in [3.05, 3.63) is 58.6 Å². The first-order valence-corrected chi connectivity index (χ1v) is 7.23. The molecule has 0 spiro atoms. The average Bonchev–Trinajstić information content (AvgIpc) is 2.51. The predicted molar refractivity (Wildman–Crippen MR) is 87.5 cm³/mol. The molecular weight excluding hydrogens is 302 g/mol. The van der Waals surface area contributed by atoms with Crippen LogP contribution < -0.4 is 10.1 Å². The molecule has 0 saturated heterocycles. The van der Waals surface area contributed by atoms with Gasteiger partial charge in [-0.3, -0.25) is 4.79 Å². The molecule has 1 amide bonds. The smallest absolute Gasteiger partial charge is 0.250 e. The summed E-state index contributed by atoms with van der Waals surface area (Å²) in [4.78, 5) is 11.9. The van der Waals surface area contributed by atoms with Crippen molar-refractivity contribution in [3.63, 3.8) is 0 Å². The Labute approximate surface area is 135 Å². The van der Waals surface area contributed by atoms with Gasteiger partial charge in [0, 0.05) is 10.7 Å². The molecule has 2 aromatic rings. The number of aryl methyl sites for hydroxylation is 1. The van der Waals surface area contributed by atoms with Gasteiger partial charge in [0.1, 0.15) is 12.4 Å². The first-order chi connectivity index (χ1) is 10.6. The molecule has 0 saturated carbocycles. The molecule has 22 heavy (non-hydrogen) atoms. The number of halogens is 1. The van der Waals surface area contributed by atoms with Crippen LogP contribution in [-0.4, -0.2) is 19.6 Å². The van der Waals surface area contributed by atoms with Crippen LogP contribution >= 0.6 is 11.6 Å². The van der Waals surface area contributed by atoms with Crippen LogP contribution in [0.25, 0.3) is 0 Å². The molecule has 0 aliphatic rings. The van der Waals surface area contributed by atoms with Gasteiger partial charge in [-0.2, -0.15) is 0 Å². The highest BCUT2D eigenvalue weighted by molar-refractivity contribution is 6.31. The van der Waals surface area contributed by atoms with Gasteiger partial charge in [0.15, 0.2) is 0 Å². The van der Waals surface area contributed by atoms with Crippen molar-refractivity contribution < 1.29 is 14.3 Å². The first kappa shape index (κ1) is 16.3. The van der Waals surface area contributed by atoms with Crippen LogP contribution in [0, 0.1) is 6.92 Å². The van der Waals surface area contributed by atoms with Crippen molar-refractivity contribution >= 4 is 23.2 Å². The third-order valence-electron chi connectivity index (χ3n) is 3.11. The lowest BCUT2D eigenvalue weighted by molar-refractivity contribution is -0.121. The fourth-order valence-corrected chi connectivity index (χ4v) is 2.11. The second-order valence-corrected chi connectivity index (χ2v) is 5.29. The Morgan fingerprint density at radius 2 is 2.05 bits per heavy atom. The highest BCUT2D eigenvalue weighted by Gasteiger charge is 2.06. The molecule has 0 radical (unpaired) electrons. The molecule has 2 aromatic carbocycles. The SMILES string of the molecule is COc1cccc(COCC(=O)Nc2cc(Cl)ccc2C)c1. The van der Waals surface area contributed by atoms with E-state index in [1.165, 1.54) is 0 Å². The Morgan fingerprint density at radius 1 is 1.23 bits per heavy atom. The summed E-state index contributed by atoms with van der Waals surface area (Å²) >= 11 is 5.92. The van der Waals surface area contributed by atoms with Gasteiger partial charge in [-0.25, -0.2) is 0 Å². The second-order valence-electron chi connectivity index (χ2n) is 4.85. The molecule has 0 bridgehead atoms. The average molecular weight is 320 g/mol. The molecule has 0 aromatic heterocycles. The summed E-state index contributed by atoms with van der Waals surface area (Å²) in [6.45, 7) is 2.23. The van der Waals surface area contributed by atoms with Gasteiger partial charge in [0.05, 0.1) is 13.7 Å². The van der Waals surface area contributed by atoms with Crippen molar-refractivity contribution in [2.24, 2.45) is 0 Å². The second kappa shape index (κ2) is 7.82. The summed E-state index contributed by atoms with van der Waals surface area (Å²) in [5.74, 6) is 0.549. The Hall–Kier alpha value is -2.04. The topological polar surface area (TPSA) is 47.6 Å². The van der Waals surface area contributed by atoms with E-state index < -0.39 is 0 Å². The quantitative estimate of drug-likeness (QED) is 0.880. The molecule has 4 nitrogen and oxygen atoms in total. The zero-order valence-corrected chi connectivity index (χ0v) is 13.3. The van der Waals surface area contributed by atoms with Crippen LogP contribution in [0.15, 0.2) is 42.5 Å². The molecule has 0 unspecified atom stereocenters. The summed E-state index contributed by atoms with van der Waals surface area (Å²) in [6, 6.07) is 12.9. The molecule has 116 valence electrons. The summed E-state index contributed by atoms with van der Waals surface area (Å²) in [5.41, 5.74) is 2.60. The monoisotopic (exact) mass is 319 g/mol. The zero-order chi connectivity index (χ0) is 15.9. The minimum Gasteiger partial charge on any atom is -0.497 e. The van der Waals surface area contributed by atoms with Crippen LogP contribution in [-0.2, 0) is 16.1 Å². The number of hydrogen-bond donors (Lipinski definition) is 1. The van der Waals surface area contributed by atoms with Crippen LogP contribution in [0.2, 0.25) is 5.02 Å². The minimum atomic E-state index is -0.215. The number of carbonyl (C=O) groups excluding carboxylic acids is 1. The summed E-state index contributed by atoms with van der Waals surface area (Å²) < 4.78 is 10.6. The third kappa shape index (κ3) is 4.76. The molecule has 0 fully saturated rings. The number of benzene rings is 2. The molecule has 0 aliphatic carbocycles. The van der Waals surface area contributed by atoms with E-state index in [2.05, 4.69) is 5.32 Å². The molecular formula is C17H18ClNO3. The maximum atomic E-state index is 11.9. The lowest BCUT2D eigenvalue weighted by Crippen LogP contribution is -2.18. The van der Waals surface area contributed by atoms with Crippen LogP contribution in [0.1, 0.15) is 11.1 Å². The van der Waals surface area contributed by atoms with Gasteiger partial charge < -0.3 is 14.8 Å². The van der Waals surface area contributed by atoms with Crippen LogP contribution in [0.4, 0.5) is 5.69 Å². The minimum absolute atomic E-state index is 0.0246. The molecule has 0 aliphatic heterocycles. The van der Waals surface area contributed by atoms with Crippen molar-refractivity contribution in [2.45, 2.75) is 13.5 Å². The van der Waals surface area contributed by atoms with Crippen molar-refractivity contribution in [1.82, 2.24) is 0 Å². The zero-order valence-electron chi connectivity index (χ0n) is 12.6. The predicted octanol–water partition coefficient (Wildman–Crippen LogP) is 3.81. The van der Waals surface area contributed by atoms with Crippen molar-refractivity contribution in [2.75, 3.05) is 19.0 Å².